The van der Waals surface area contributed by atoms with Gasteiger partial charge in [-0.15, -0.1) is 11.3 Å². The lowest BCUT2D eigenvalue weighted by Gasteiger charge is -2.21. The van der Waals surface area contributed by atoms with Crippen LogP contribution in [0.3, 0.4) is 0 Å². The minimum atomic E-state index is -0.767. The Bertz CT molecular complexity index is 700. The van der Waals surface area contributed by atoms with E-state index in [1.807, 2.05) is 30.3 Å². The molecule has 130 valence electrons. The van der Waals surface area contributed by atoms with Crippen LogP contribution in [0.15, 0.2) is 30.3 Å². The number of aliphatic hydroxyl groups is 1. The molecule has 1 heterocycles. The van der Waals surface area contributed by atoms with Gasteiger partial charge >= 0.3 is 0 Å². The van der Waals surface area contributed by atoms with E-state index in [2.05, 4.69) is 10.6 Å². The largest absolute Gasteiger partial charge is 0.386 e. The van der Waals surface area contributed by atoms with Gasteiger partial charge in [-0.05, 0) is 24.4 Å². The van der Waals surface area contributed by atoms with Crippen molar-refractivity contribution in [3.05, 3.63) is 35.2 Å². The number of amides is 2. The van der Waals surface area contributed by atoms with E-state index in [9.17, 15) is 14.7 Å². The molecule has 0 bridgehead atoms. The Balaban J connectivity index is 1.89. The molecule has 6 heteroatoms. The minimum Gasteiger partial charge on any atom is -0.386 e. The van der Waals surface area contributed by atoms with Crippen LogP contribution < -0.4 is 10.6 Å². The van der Waals surface area contributed by atoms with E-state index in [1.165, 1.54) is 11.3 Å². The molecule has 0 spiro atoms. The molecule has 0 aliphatic rings. The van der Waals surface area contributed by atoms with Crippen LogP contribution in [0.4, 0.5) is 0 Å². The zero-order chi connectivity index (χ0) is 17.9. The first-order valence-electron chi connectivity index (χ1n) is 7.93. The highest BCUT2D eigenvalue weighted by molar-refractivity contribution is 7.19. The van der Waals surface area contributed by atoms with Crippen molar-refractivity contribution in [2.24, 2.45) is 5.41 Å². The number of nitrogens with one attached hydrogen (secondary N) is 2. The lowest BCUT2D eigenvalue weighted by atomic mass is 9.95. The normalized spacial score (nSPS) is 14.2. The van der Waals surface area contributed by atoms with Gasteiger partial charge < -0.3 is 15.7 Å². The highest BCUT2D eigenvalue weighted by Gasteiger charge is 2.25. The molecule has 2 rings (SSSR count). The quantitative estimate of drug-likeness (QED) is 0.777. The lowest BCUT2D eigenvalue weighted by molar-refractivity contribution is -0.133. The Morgan fingerprint density at radius 3 is 2.54 bits per heavy atom. The molecule has 1 aromatic carbocycles. The lowest BCUT2D eigenvalue weighted by Crippen LogP contribution is -2.48. The molecule has 3 N–H and O–H groups in total. The van der Waals surface area contributed by atoms with E-state index in [-0.39, 0.29) is 18.4 Å². The number of hydrogen-bond acceptors (Lipinski definition) is 4. The number of benzene rings is 1. The first-order chi connectivity index (χ1) is 11.2. The topological polar surface area (TPSA) is 78.4 Å². The molecule has 0 saturated heterocycles. The average Bonchev–Trinajstić information content (AvgIpc) is 2.95. The van der Waals surface area contributed by atoms with Crippen molar-refractivity contribution in [2.45, 2.75) is 39.8 Å². The predicted octanol–water partition coefficient (Wildman–Crippen LogP) is 2.60. The molecule has 2 atom stereocenters. The first kappa shape index (κ1) is 18.4. The standard InChI is InChI=1S/C18H24N2O3S/c1-11(20-17(23)18(2,3)4)16(22)19-10-13(21)15-9-12-7-5-6-8-14(12)24-15/h5-9,11,13,21H,10H2,1-4H3,(H,19,22)(H,20,23). The summed E-state index contributed by atoms with van der Waals surface area (Å²) in [4.78, 5) is 24.8. The zero-order valence-electron chi connectivity index (χ0n) is 14.4. The van der Waals surface area contributed by atoms with Crippen LogP contribution in [0.1, 0.15) is 38.7 Å². The van der Waals surface area contributed by atoms with Crippen LogP contribution in [-0.4, -0.2) is 29.5 Å². The SMILES string of the molecule is CC(NC(=O)C(C)(C)C)C(=O)NCC(O)c1cc2ccccc2s1. The van der Waals surface area contributed by atoms with Crippen LogP contribution in [0, 0.1) is 5.41 Å². The molecular formula is C18H24N2O3S. The van der Waals surface area contributed by atoms with E-state index in [4.69, 9.17) is 0 Å². The Hall–Kier alpha value is -1.92. The Labute approximate surface area is 146 Å². The fourth-order valence-electron chi connectivity index (χ4n) is 2.10. The minimum absolute atomic E-state index is 0.112. The molecule has 2 amide bonds. The maximum absolute atomic E-state index is 12.1. The third kappa shape index (κ3) is 4.55. The van der Waals surface area contributed by atoms with Crippen molar-refractivity contribution in [1.29, 1.82) is 0 Å². The van der Waals surface area contributed by atoms with Crippen molar-refractivity contribution >= 4 is 33.2 Å². The van der Waals surface area contributed by atoms with E-state index < -0.39 is 17.6 Å². The van der Waals surface area contributed by atoms with Gasteiger partial charge in [0.05, 0.1) is 0 Å². The van der Waals surface area contributed by atoms with Crippen molar-refractivity contribution in [3.63, 3.8) is 0 Å². The van der Waals surface area contributed by atoms with Gasteiger partial charge in [0.15, 0.2) is 0 Å². The Morgan fingerprint density at radius 2 is 1.92 bits per heavy atom. The second kappa shape index (κ2) is 7.32. The van der Waals surface area contributed by atoms with Gasteiger partial charge in [-0.25, -0.2) is 0 Å². The fraction of sp³-hybridized carbons (Fsp3) is 0.444. The number of carbonyl (C=O) groups excluding carboxylic acids is 2. The molecule has 0 fully saturated rings. The van der Waals surface area contributed by atoms with E-state index in [1.54, 1.807) is 27.7 Å². The second-order valence-electron chi connectivity index (χ2n) is 6.89. The Morgan fingerprint density at radius 1 is 1.25 bits per heavy atom. The number of rotatable bonds is 5. The van der Waals surface area contributed by atoms with Crippen LogP contribution >= 0.6 is 11.3 Å². The first-order valence-corrected chi connectivity index (χ1v) is 8.75. The molecule has 0 saturated carbocycles. The van der Waals surface area contributed by atoms with E-state index in [0.29, 0.717) is 0 Å². The summed E-state index contributed by atoms with van der Waals surface area (Å²) < 4.78 is 1.10. The maximum Gasteiger partial charge on any atom is 0.242 e. The van der Waals surface area contributed by atoms with Crippen molar-refractivity contribution in [3.8, 4) is 0 Å². The summed E-state index contributed by atoms with van der Waals surface area (Å²) in [6, 6.07) is 9.18. The number of fused-ring (bicyclic) bond motifs is 1. The fourth-order valence-corrected chi connectivity index (χ4v) is 3.15. The summed E-state index contributed by atoms with van der Waals surface area (Å²) in [5, 5.41) is 16.7. The highest BCUT2D eigenvalue weighted by Crippen LogP contribution is 2.29. The van der Waals surface area contributed by atoms with Gasteiger partial charge in [0.2, 0.25) is 11.8 Å². The van der Waals surface area contributed by atoms with Crippen molar-refractivity contribution in [1.82, 2.24) is 10.6 Å². The third-order valence-electron chi connectivity index (χ3n) is 3.66. The summed E-state index contributed by atoms with van der Waals surface area (Å²) >= 11 is 1.51. The number of thiophene rings is 1. The number of carbonyl (C=O) groups is 2. The van der Waals surface area contributed by atoms with Crippen LogP contribution in [0.25, 0.3) is 10.1 Å². The molecule has 0 radical (unpaired) electrons. The predicted molar refractivity (Wildman–Crippen MR) is 96.9 cm³/mol. The molecule has 1 aromatic heterocycles. The molecule has 0 aliphatic carbocycles. The van der Waals surface area contributed by atoms with Gasteiger partial charge in [0.1, 0.15) is 12.1 Å². The van der Waals surface area contributed by atoms with Gasteiger partial charge in [0, 0.05) is 21.5 Å². The number of aliphatic hydroxyl groups excluding tert-OH is 1. The highest BCUT2D eigenvalue weighted by atomic mass is 32.1. The Kier molecular flexibility index (Phi) is 5.62. The summed E-state index contributed by atoms with van der Waals surface area (Å²) in [7, 11) is 0. The second-order valence-corrected chi connectivity index (χ2v) is 8.01. The van der Waals surface area contributed by atoms with Gasteiger partial charge in [-0.1, -0.05) is 39.0 Å². The maximum atomic E-state index is 12.1. The van der Waals surface area contributed by atoms with Crippen molar-refractivity contribution < 1.29 is 14.7 Å². The summed E-state index contributed by atoms with van der Waals surface area (Å²) in [5.41, 5.74) is -0.550. The smallest absolute Gasteiger partial charge is 0.242 e. The third-order valence-corrected chi connectivity index (χ3v) is 4.88. The van der Waals surface area contributed by atoms with Crippen LogP contribution in [-0.2, 0) is 9.59 Å². The molecule has 2 aromatic rings. The summed E-state index contributed by atoms with van der Waals surface area (Å²) in [6.07, 6.45) is -0.767. The van der Waals surface area contributed by atoms with Gasteiger partial charge in [-0.2, -0.15) is 0 Å². The van der Waals surface area contributed by atoms with Gasteiger partial charge in [0.25, 0.3) is 0 Å². The zero-order valence-corrected chi connectivity index (χ0v) is 15.2. The molecule has 0 aliphatic heterocycles. The van der Waals surface area contributed by atoms with Gasteiger partial charge in [-0.3, -0.25) is 9.59 Å². The summed E-state index contributed by atoms with van der Waals surface area (Å²) in [6.45, 7) is 7.11. The molecule has 5 nitrogen and oxygen atoms in total. The molecule has 24 heavy (non-hydrogen) atoms. The van der Waals surface area contributed by atoms with E-state index in [0.717, 1.165) is 15.0 Å². The monoisotopic (exact) mass is 348 g/mol. The van der Waals surface area contributed by atoms with Crippen LogP contribution in [0.2, 0.25) is 0 Å². The molecular weight excluding hydrogens is 324 g/mol. The summed E-state index contributed by atoms with van der Waals surface area (Å²) in [5.74, 6) is -0.497. The average molecular weight is 348 g/mol. The number of hydrogen-bond donors (Lipinski definition) is 3. The van der Waals surface area contributed by atoms with Crippen molar-refractivity contribution in [2.75, 3.05) is 6.54 Å². The van der Waals surface area contributed by atoms with E-state index >= 15 is 0 Å². The molecule has 2 unspecified atom stereocenters. The van der Waals surface area contributed by atoms with Crippen LogP contribution in [0.5, 0.6) is 0 Å².